The number of hydrazone groups is 1. The highest BCUT2D eigenvalue weighted by molar-refractivity contribution is 6.27. The Labute approximate surface area is 123 Å². The van der Waals surface area contributed by atoms with Crippen LogP contribution in [0.3, 0.4) is 0 Å². The lowest BCUT2D eigenvalue weighted by atomic mass is 9.84. The van der Waals surface area contributed by atoms with Gasteiger partial charge in [0.25, 0.3) is 5.91 Å². The van der Waals surface area contributed by atoms with Crippen molar-refractivity contribution in [3.05, 3.63) is 30.1 Å². The number of amides is 1. The standard InChI is InChI=1S/C16H19FN2O2/c1-10-14(13(20)9-16(2,3)4)15(21)19(18-10)12-7-5-11(17)6-8-12/h5-8,14H,9H2,1-4H3. The molecule has 4 nitrogen and oxygen atoms in total. The van der Waals surface area contributed by atoms with Gasteiger partial charge in [0.15, 0.2) is 5.78 Å². The van der Waals surface area contributed by atoms with Gasteiger partial charge < -0.3 is 0 Å². The van der Waals surface area contributed by atoms with Crippen molar-refractivity contribution in [1.82, 2.24) is 0 Å². The highest BCUT2D eigenvalue weighted by Crippen LogP contribution is 2.28. The third-order valence-electron chi connectivity index (χ3n) is 3.23. The molecule has 1 aromatic rings. The van der Waals surface area contributed by atoms with Gasteiger partial charge in [-0.05, 0) is 36.6 Å². The van der Waals surface area contributed by atoms with Crippen LogP contribution in [0.5, 0.6) is 0 Å². The number of anilines is 1. The van der Waals surface area contributed by atoms with E-state index in [4.69, 9.17) is 0 Å². The smallest absolute Gasteiger partial charge is 0.263 e. The number of carbonyl (C=O) groups excluding carboxylic acids is 2. The van der Waals surface area contributed by atoms with E-state index in [0.717, 1.165) is 0 Å². The highest BCUT2D eigenvalue weighted by atomic mass is 19.1. The van der Waals surface area contributed by atoms with Crippen molar-refractivity contribution < 1.29 is 14.0 Å². The molecule has 1 unspecified atom stereocenters. The molecular formula is C16H19FN2O2. The molecule has 0 spiro atoms. The monoisotopic (exact) mass is 290 g/mol. The van der Waals surface area contributed by atoms with E-state index in [1.165, 1.54) is 29.3 Å². The molecular weight excluding hydrogens is 271 g/mol. The van der Waals surface area contributed by atoms with Crippen LogP contribution in [0.15, 0.2) is 29.4 Å². The summed E-state index contributed by atoms with van der Waals surface area (Å²) in [5.74, 6) is -1.70. The predicted octanol–water partition coefficient (Wildman–Crippen LogP) is 3.17. The zero-order chi connectivity index (χ0) is 15.8. The van der Waals surface area contributed by atoms with Crippen LogP contribution in [0.2, 0.25) is 0 Å². The van der Waals surface area contributed by atoms with Crippen LogP contribution in [-0.4, -0.2) is 17.4 Å². The van der Waals surface area contributed by atoms with E-state index in [1.807, 2.05) is 20.8 Å². The zero-order valence-corrected chi connectivity index (χ0v) is 12.7. The van der Waals surface area contributed by atoms with Gasteiger partial charge in [-0.15, -0.1) is 0 Å². The molecule has 1 amide bonds. The van der Waals surface area contributed by atoms with E-state index in [9.17, 15) is 14.0 Å². The molecule has 0 aromatic heterocycles. The van der Waals surface area contributed by atoms with Crippen molar-refractivity contribution >= 4 is 23.1 Å². The first-order valence-electron chi connectivity index (χ1n) is 6.86. The number of carbonyl (C=O) groups is 2. The molecule has 0 N–H and O–H groups in total. The third-order valence-corrected chi connectivity index (χ3v) is 3.23. The maximum absolute atomic E-state index is 12.9. The fraction of sp³-hybridized carbons (Fsp3) is 0.438. The van der Waals surface area contributed by atoms with Gasteiger partial charge in [-0.2, -0.15) is 10.1 Å². The van der Waals surface area contributed by atoms with E-state index in [1.54, 1.807) is 6.92 Å². The van der Waals surface area contributed by atoms with Gasteiger partial charge in [0.05, 0.1) is 11.4 Å². The number of rotatable bonds is 3. The molecule has 112 valence electrons. The van der Waals surface area contributed by atoms with Crippen molar-refractivity contribution in [3.63, 3.8) is 0 Å². The van der Waals surface area contributed by atoms with Gasteiger partial charge in [-0.25, -0.2) is 4.39 Å². The molecule has 0 bridgehead atoms. The lowest BCUT2D eigenvalue weighted by molar-refractivity contribution is -0.130. The zero-order valence-electron chi connectivity index (χ0n) is 12.7. The molecule has 1 heterocycles. The second-order valence-corrected chi connectivity index (χ2v) is 6.50. The van der Waals surface area contributed by atoms with Gasteiger partial charge in [0, 0.05) is 6.42 Å². The molecule has 0 saturated carbocycles. The van der Waals surface area contributed by atoms with Crippen molar-refractivity contribution in [2.75, 3.05) is 5.01 Å². The number of hydrogen-bond acceptors (Lipinski definition) is 3. The van der Waals surface area contributed by atoms with Crippen molar-refractivity contribution in [2.45, 2.75) is 34.1 Å². The third kappa shape index (κ3) is 3.35. The van der Waals surface area contributed by atoms with Crippen LogP contribution in [0.25, 0.3) is 0 Å². The molecule has 5 heteroatoms. The minimum absolute atomic E-state index is 0.127. The van der Waals surface area contributed by atoms with Crippen LogP contribution in [0, 0.1) is 17.2 Å². The minimum atomic E-state index is -0.825. The molecule has 0 radical (unpaired) electrons. The van der Waals surface area contributed by atoms with Gasteiger partial charge in [0.1, 0.15) is 11.7 Å². The number of halogens is 1. The van der Waals surface area contributed by atoms with E-state index >= 15 is 0 Å². The van der Waals surface area contributed by atoms with Gasteiger partial charge in [0.2, 0.25) is 0 Å². The maximum atomic E-state index is 12.9. The summed E-state index contributed by atoms with van der Waals surface area (Å²) in [4.78, 5) is 24.7. The topological polar surface area (TPSA) is 49.7 Å². The van der Waals surface area contributed by atoms with E-state index in [-0.39, 0.29) is 22.9 Å². The summed E-state index contributed by atoms with van der Waals surface area (Å²) in [6.07, 6.45) is 0.313. The molecule has 1 aromatic carbocycles. The summed E-state index contributed by atoms with van der Waals surface area (Å²) >= 11 is 0. The number of benzene rings is 1. The largest absolute Gasteiger partial charge is 0.298 e. The molecule has 0 aliphatic carbocycles. The van der Waals surface area contributed by atoms with Crippen molar-refractivity contribution in [2.24, 2.45) is 16.4 Å². The minimum Gasteiger partial charge on any atom is -0.298 e. The lowest BCUT2D eigenvalue weighted by Gasteiger charge is -2.19. The molecule has 2 rings (SSSR count). The lowest BCUT2D eigenvalue weighted by Crippen LogP contribution is -2.34. The van der Waals surface area contributed by atoms with Crippen LogP contribution in [0.1, 0.15) is 34.1 Å². The van der Waals surface area contributed by atoms with Gasteiger partial charge in [-0.1, -0.05) is 20.8 Å². The van der Waals surface area contributed by atoms with Crippen LogP contribution in [0.4, 0.5) is 10.1 Å². The van der Waals surface area contributed by atoms with Gasteiger partial charge in [-0.3, -0.25) is 9.59 Å². The number of ketones is 1. The molecule has 1 aliphatic rings. The molecule has 1 aliphatic heterocycles. The summed E-state index contributed by atoms with van der Waals surface area (Å²) in [5, 5.41) is 5.34. The highest BCUT2D eigenvalue weighted by Gasteiger charge is 2.40. The summed E-state index contributed by atoms with van der Waals surface area (Å²) < 4.78 is 12.9. The van der Waals surface area contributed by atoms with E-state index in [2.05, 4.69) is 5.10 Å². The average molecular weight is 290 g/mol. The SMILES string of the molecule is CC1=NN(c2ccc(F)cc2)C(=O)C1C(=O)CC(C)(C)C. The second-order valence-electron chi connectivity index (χ2n) is 6.50. The van der Waals surface area contributed by atoms with Crippen LogP contribution in [-0.2, 0) is 9.59 Å². The summed E-state index contributed by atoms with van der Waals surface area (Å²) in [5.41, 5.74) is 0.770. The number of Topliss-reactive ketones (excluding diaryl/α,β-unsaturated/α-hetero) is 1. The Morgan fingerprint density at radius 1 is 1.29 bits per heavy atom. The molecule has 1 atom stereocenters. The van der Waals surface area contributed by atoms with Crippen LogP contribution < -0.4 is 5.01 Å². The molecule has 0 fully saturated rings. The van der Waals surface area contributed by atoms with E-state index < -0.39 is 5.92 Å². The van der Waals surface area contributed by atoms with E-state index in [0.29, 0.717) is 17.8 Å². The Balaban J connectivity index is 2.22. The summed E-state index contributed by atoms with van der Waals surface area (Å²) in [7, 11) is 0. The van der Waals surface area contributed by atoms with Crippen molar-refractivity contribution in [1.29, 1.82) is 0 Å². The Morgan fingerprint density at radius 2 is 1.86 bits per heavy atom. The summed E-state index contributed by atoms with van der Waals surface area (Å²) in [6, 6.07) is 5.47. The average Bonchev–Trinajstić information content (AvgIpc) is 2.63. The number of hydrogen-bond donors (Lipinski definition) is 0. The maximum Gasteiger partial charge on any atom is 0.263 e. The molecule has 0 saturated heterocycles. The first kappa shape index (κ1) is 15.4. The Morgan fingerprint density at radius 3 is 2.38 bits per heavy atom. The predicted molar refractivity (Wildman–Crippen MR) is 79.6 cm³/mol. The first-order chi connectivity index (χ1) is 9.69. The summed E-state index contributed by atoms with van der Waals surface area (Å²) in [6.45, 7) is 7.53. The van der Waals surface area contributed by atoms with Gasteiger partial charge >= 0.3 is 0 Å². The molecule has 21 heavy (non-hydrogen) atoms. The van der Waals surface area contributed by atoms with Crippen molar-refractivity contribution in [3.8, 4) is 0 Å². The fourth-order valence-electron chi connectivity index (χ4n) is 2.33. The second kappa shape index (κ2) is 5.39. The quantitative estimate of drug-likeness (QED) is 0.803. The Hall–Kier alpha value is -2.04. The first-order valence-corrected chi connectivity index (χ1v) is 6.86. The Bertz CT molecular complexity index is 600. The fourth-order valence-corrected chi connectivity index (χ4v) is 2.33. The normalized spacial score (nSPS) is 18.9. The number of nitrogens with zero attached hydrogens (tertiary/aromatic N) is 2. The van der Waals surface area contributed by atoms with Crippen LogP contribution >= 0.6 is 0 Å². The Kier molecular flexibility index (Phi) is 3.94.